The van der Waals surface area contributed by atoms with Gasteiger partial charge in [-0.05, 0) is 37.3 Å². The van der Waals surface area contributed by atoms with Crippen molar-refractivity contribution in [2.24, 2.45) is 4.99 Å². The first-order valence-electron chi connectivity index (χ1n) is 7.40. The number of aryl methyl sites for hydroxylation is 1. The SMILES string of the molecule is Cc1ccc(-n2c(O)c(C=Nc3cccc(Br)c3)c(=O)[nH]c2=O)cc1. The molecule has 2 N–H and O–H groups in total. The number of halogens is 1. The van der Waals surface area contributed by atoms with Crippen molar-refractivity contribution >= 4 is 27.8 Å². The number of aromatic amines is 1. The topological polar surface area (TPSA) is 87.4 Å². The van der Waals surface area contributed by atoms with Crippen molar-refractivity contribution in [3.63, 3.8) is 0 Å². The summed E-state index contributed by atoms with van der Waals surface area (Å²) in [4.78, 5) is 30.6. The first kappa shape index (κ1) is 16.9. The highest BCUT2D eigenvalue weighted by molar-refractivity contribution is 9.10. The summed E-state index contributed by atoms with van der Waals surface area (Å²) >= 11 is 3.34. The summed E-state index contributed by atoms with van der Waals surface area (Å²) in [6.45, 7) is 1.91. The molecule has 126 valence electrons. The van der Waals surface area contributed by atoms with Crippen LogP contribution < -0.4 is 11.2 Å². The third-order valence-electron chi connectivity index (χ3n) is 3.56. The van der Waals surface area contributed by atoms with E-state index in [2.05, 4.69) is 25.9 Å². The number of aromatic hydroxyl groups is 1. The van der Waals surface area contributed by atoms with Crippen LogP contribution in [0.2, 0.25) is 0 Å². The van der Waals surface area contributed by atoms with Gasteiger partial charge in [0.25, 0.3) is 5.56 Å². The van der Waals surface area contributed by atoms with Gasteiger partial charge in [0.1, 0.15) is 5.56 Å². The number of nitrogens with zero attached hydrogens (tertiary/aromatic N) is 2. The molecule has 1 aromatic heterocycles. The van der Waals surface area contributed by atoms with E-state index in [1.165, 1.54) is 6.21 Å². The van der Waals surface area contributed by atoms with Gasteiger partial charge in [0, 0.05) is 10.7 Å². The summed E-state index contributed by atoms with van der Waals surface area (Å²) in [5.74, 6) is -0.462. The second-order valence-corrected chi connectivity index (χ2v) is 6.32. The lowest BCUT2D eigenvalue weighted by atomic mass is 10.2. The van der Waals surface area contributed by atoms with E-state index in [1.807, 2.05) is 25.1 Å². The number of aliphatic imine (C=N–C) groups is 1. The van der Waals surface area contributed by atoms with Gasteiger partial charge in [-0.25, -0.2) is 9.36 Å². The number of hydrogen-bond acceptors (Lipinski definition) is 4. The number of nitrogens with one attached hydrogen (secondary N) is 1. The average molecular weight is 400 g/mol. The molecule has 7 heteroatoms. The Morgan fingerprint density at radius 1 is 1.16 bits per heavy atom. The molecule has 0 atom stereocenters. The fourth-order valence-corrected chi connectivity index (χ4v) is 2.67. The molecule has 0 saturated heterocycles. The third-order valence-corrected chi connectivity index (χ3v) is 4.06. The summed E-state index contributed by atoms with van der Waals surface area (Å²) in [6, 6.07) is 14.1. The molecule has 6 nitrogen and oxygen atoms in total. The molecular formula is C18H14BrN3O3. The molecular weight excluding hydrogens is 386 g/mol. The number of rotatable bonds is 3. The van der Waals surface area contributed by atoms with Crippen LogP contribution in [-0.2, 0) is 0 Å². The van der Waals surface area contributed by atoms with Crippen LogP contribution in [0.15, 0.2) is 67.6 Å². The van der Waals surface area contributed by atoms with Crippen LogP contribution in [0.4, 0.5) is 5.69 Å². The van der Waals surface area contributed by atoms with E-state index in [1.54, 1.807) is 30.3 Å². The van der Waals surface area contributed by atoms with Crippen molar-refractivity contribution in [1.29, 1.82) is 0 Å². The van der Waals surface area contributed by atoms with Crippen molar-refractivity contribution in [3.8, 4) is 11.6 Å². The third kappa shape index (κ3) is 3.61. The molecule has 0 radical (unpaired) electrons. The minimum atomic E-state index is -0.717. The summed E-state index contributed by atoms with van der Waals surface area (Å²) in [6.07, 6.45) is 1.24. The maximum Gasteiger partial charge on any atom is 0.335 e. The lowest BCUT2D eigenvalue weighted by molar-refractivity contribution is 0.430. The predicted molar refractivity (Wildman–Crippen MR) is 100 cm³/mol. The first-order valence-corrected chi connectivity index (χ1v) is 8.20. The molecule has 3 aromatic rings. The Morgan fingerprint density at radius 2 is 1.88 bits per heavy atom. The van der Waals surface area contributed by atoms with Crippen LogP contribution >= 0.6 is 15.9 Å². The minimum Gasteiger partial charge on any atom is -0.493 e. The Hall–Kier alpha value is -2.93. The van der Waals surface area contributed by atoms with E-state index in [0.717, 1.165) is 14.6 Å². The molecule has 0 fully saturated rings. The van der Waals surface area contributed by atoms with Crippen molar-refractivity contribution in [1.82, 2.24) is 9.55 Å². The first-order chi connectivity index (χ1) is 12.0. The highest BCUT2D eigenvalue weighted by Crippen LogP contribution is 2.20. The highest BCUT2D eigenvalue weighted by atomic mass is 79.9. The van der Waals surface area contributed by atoms with Gasteiger partial charge in [0.05, 0.1) is 11.4 Å². The Bertz CT molecular complexity index is 1070. The lowest BCUT2D eigenvalue weighted by Crippen LogP contribution is -2.31. The van der Waals surface area contributed by atoms with Crippen molar-refractivity contribution in [3.05, 3.63) is 85.0 Å². The van der Waals surface area contributed by atoms with Gasteiger partial charge < -0.3 is 5.11 Å². The molecule has 0 spiro atoms. The molecule has 0 saturated carbocycles. The van der Waals surface area contributed by atoms with Gasteiger partial charge in [0.2, 0.25) is 5.88 Å². The highest BCUT2D eigenvalue weighted by Gasteiger charge is 2.14. The normalized spacial score (nSPS) is 11.1. The summed E-state index contributed by atoms with van der Waals surface area (Å²) < 4.78 is 1.87. The number of H-pyrrole nitrogens is 1. The van der Waals surface area contributed by atoms with Crippen LogP contribution in [0.3, 0.4) is 0 Å². The molecule has 0 unspecified atom stereocenters. The largest absolute Gasteiger partial charge is 0.493 e. The Labute approximate surface area is 151 Å². The second kappa shape index (κ2) is 6.90. The minimum absolute atomic E-state index is 0.0971. The molecule has 1 heterocycles. The zero-order valence-electron chi connectivity index (χ0n) is 13.2. The van der Waals surface area contributed by atoms with Gasteiger partial charge in [-0.1, -0.05) is 39.7 Å². The maximum atomic E-state index is 12.1. The number of hydrogen-bond donors (Lipinski definition) is 2. The molecule has 2 aromatic carbocycles. The smallest absolute Gasteiger partial charge is 0.335 e. The van der Waals surface area contributed by atoms with Gasteiger partial charge in [-0.15, -0.1) is 0 Å². The molecule has 3 rings (SSSR count). The maximum absolute atomic E-state index is 12.1. The predicted octanol–water partition coefficient (Wildman–Crippen LogP) is 3.05. The van der Waals surface area contributed by atoms with Crippen LogP contribution in [0, 0.1) is 6.92 Å². The van der Waals surface area contributed by atoms with Crippen LogP contribution in [0.25, 0.3) is 5.69 Å². The second-order valence-electron chi connectivity index (χ2n) is 5.41. The fraction of sp³-hybridized carbons (Fsp3) is 0.0556. The van der Waals surface area contributed by atoms with Crippen molar-refractivity contribution in [2.45, 2.75) is 6.92 Å². The van der Waals surface area contributed by atoms with Crippen molar-refractivity contribution < 1.29 is 5.11 Å². The van der Waals surface area contributed by atoms with E-state index in [-0.39, 0.29) is 5.56 Å². The Morgan fingerprint density at radius 3 is 2.56 bits per heavy atom. The summed E-state index contributed by atoms with van der Waals surface area (Å²) in [7, 11) is 0. The summed E-state index contributed by atoms with van der Waals surface area (Å²) in [5.41, 5.74) is 0.538. The van der Waals surface area contributed by atoms with Crippen molar-refractivity contribution in [2.75, 3.05) is 0 Å². The Kier molecular flexibility index (Phi) is 4.67. The lowest BCUT2D eigenvalue weighted by Gasteiger charge is -2.09. The molecule has 0 aliphatic rings. The standard InChI is InChI=1S/C18H14BrN3O3/c1-11-5-7-14(8-6-11)22-17(24)15(16(23)21-18(22)25)10-20-13-4-2-3-12(19)9-13/h2-10,24H,1H3,(H,21,23,25). The monoisotopic (exact) mass is 399 g/mol. The van der Waals surface area contributed by atoms with Crippen LogP contribution in [0.5, 0.6) is 5.88 Å². The van der Waals surface area contributed by atoms with E-state index in [9.17, 15) is 14.7 Å². The molecule has 0 aliphatic carbocycles. The summed E-state index contributed by atoms with van der Waals surface area (Å²) in [5, 5.41) is 10.4. The molecule has 0 aliphatic heterocycles. The zero-order valence-corrected chi connectivity index (χ0v) is 14.8. The van der Waals surface area contributed by atoms with Crippen LogP contribution in [0.1, 0.15) is 11.1 Å². The number of aromatic nitrogens is 2. The molecule has 0 bridgehead atoms. The van der Waals surface area contributed by atoms with Gasteiger partial charge in [-0.3, -0.25) is 14.8 Å². The van der Waals surface area contributed by atoms with E-state index < -0.39 is 17.1 Å². The molecule has 25 heavy (non-hydrogen) atoms. The average Bonchev–Trinajstić information content (AvgIpc) is 2.56. The van der Waals surface area contributed by atoms with Crippen LogP contribution in [-0.4, -0.2) is 20.9 Å². The van der Waals surface area contributed by atoms with E-state index >= 15 is 0 Å². The zero-order chi connectivity index (χ0) is 18.0. The Balaban J connectivity index is 2.12. The quantitative estimate of drug-likeness (QED) is 0.663. The van der Waals surface area contributed by atoms with Gasteiger partial charge in [-0.2, -0.15) is 0 Å². The van der Waals surface area contributed by atoms with Gasteiger partial charge in [0.15, 0.2) is 0 Å². The fourth-order valence-electron chi connectivity index (χ4n) is 2.28. The van der Waals surface area contributed by atoms with E-state index in [0.29, 0.717) is 11.4 Å². The van der Waals surface area contributed by atoms with E-state index in [4.69, 9.17) is 0 Å². The molecule has 0 amide bonds. The number of benzene rings is 2. The van der Waals surface area contributed by atoms with Gasteiger partial charge >= 0.3 is 5.69 Å².